The third kappa shape index (κ3) is 4.52. The van der Waals surface area contributed by atoms with Crippen LogP contribution in [0.25, 0.3) is 0 Å². The van der Waals surface area contributed by atoms with Gasteiger partial charge in [0.15, 0.2) is 0 Å². The highest BCUT2D eigenvalue weighted by Gasteiger charge is 2.08. The van der Waals surface area contributed by atoms with E-state index in [0.29, 0.717) is 0 Å². The largest absolute Gasteiger partial charge is 0.379 e. The predicted octanol–water partition coefficient (Wildman–Crippen LogP) is 1.94. The summed E-state index contributed by atoms with van der Waals surface area (Å²) in [6.45, 7) is 4.37. The number of nitrogens with one attached hydrogen (secondary N) is 1. The molecule has 1 aliphatic rings. The zero-order chi connectivity index (χ0) is 13.5. The summed E-state index contributed by atoms with van der Waals surface area (Å²) >= 11 is 5.89. The summed E-state index contributed by atoms with van der Waals surface area (Å²) in [6, 6.07) is 7.86. The Morgan fingerprint density at radius 2 is 2.00 bits per heavy atom. The molecule has 1 fully saturated rings. The van der Waals surface area contributed by atoms with Gasteiger partial charge in [-0.3, -0.25) is 4.90 Å². The van der Waals surface area contributed by atoms with Gasteiger partial charge in [-0.25, -0.2) is 0 Å². The summed E-state index contributed by atoms with van der Waals surface area (Å²) in [6.07, 6.45) is 0. The van der Waals surface area contributed by atoms with Crippen molar-refractivity contribution in [3.63, 3.8) is 0 Å². The van der Waals surface area contributed by atoms with Gasteiger partial charge in [-0.15, -0.1) is 0 Å². The van der Waals surface area contributed by atoms with Crippen LogP contribution in [-0.4, -0.2) is 44.8 Å². The van der Waals surface area contributed by atoms with Crippen molar-refractivity contribution in [1.82, 2.24) is 10.2 Å². The fourth-order valence-corrected chi connectivity index (χ4v) is 2.12. The second kappa shape index (κ2) is 7.52. The van der Waals surface area contributed by atoms with Crippen LogP contribution in [0.1, 0.15) is 11.6 Å². The number of benzene rings is 1. The molecule has 0 amide bonds. The SMILES string of the molecule is CNC(C#CCN1CCOCC1)c1ccc(Cl)cc1. The molecule has 3 nitrogen and oxygen atoms in total. The molecular weight excluding hydrogens is 260 g/mol. The molecule has 1 aromatic carbocycles. The first kappa shape index (κ1) is 14.4. The van der Waals surface area contributed by atoms with Gasteiger partial charge in [-0.05, 0) is 24.7 Å². The molecule has 0 aliphatic carbocycles. The summed E-state index contributed by atoms with van der Waals surface area (Å²) < 4.78 is 5.31. The van der Waals surface area contributed by atoms with Gasteiger partial charge < -0.3 is 10.1 Å². The minimum atomic E-state index is 0.0540. The van der Waals surface area contributed by atoms with E-state index in [1.807, 2.05) is 31.3 Å². The number of morpholine rings is 1. The van der Waals surface area contributed by atoms with Crippen LogP contribution in [-0.2, 0) is 4.74 Å². The molecule has 0 aromatic heterocycles. The van der Waals surface area contributed by atoms with Gasteiger partial charge in [0.1, 0.15) is 0 Å². The maximum absolute atomic E-state index is 5.89. The van der Waals surface area contributed by atoms with Crippen molar-refractivity contribution in [2.45, 2.75) is 6.04 Å². The van der Waals surface area contributed by atoms with Crippen molar-refractivity contribution in [2.24, 2.45) is 0 Å². The molecule has 1 atom stereocenters. The molecule has 2 rings (SSSR count). The van der Waals surface area contributed by atoms with Crippen molar-refractivity contribution < 1.29 is 4.74 Å². The molecule has 0 radical (unpaired) electrons. The molecule has 4 heteroatoms. The molecule has 1 heterocycles. The quantitative estimate of drug-likeness (QED) is 0.855. The van der Waals surface area contributed by atoms with Crippen LogP contribution in [0.5, 0.6) is 0 Å². The summed E-state index contributed by atoms with van der Waals surface area (Å²) in [5.41, 5.74) is 1.14. The second-order valence-electron chi connectivity index (χ2n) is 4.48. The molecule has 1 N–H and O–H groups in total. The maximum atomic E-state index is 5.89. The first-order chi connectivity index (χ1) is 9.29. The Labute approximate surface area is 119 Å². The number of rotatable bonds is 3. The van der Waals surface area contributed by atoms with E-state index in [1.54, 1.807) is 0 Å². The lowest BCUT2D eigenvalue weighted by molar-refractivity contribution is 0.0443. The average Bonchev–Trinajstić information content (AvgIpc) is 2.46. The van der Waals surface area contributed by atoms with E-state index in [2.05, 4.69) is 22.1 Å². The zero-order valence-electron chi connectivity index (χ0n) is 11.2. The number of hydrogen-bond acceptors (Lipinski definition) is 3. The monoisotopic (exact) mass is 278 g/mol. The van der Waals surface area contributed by atoms with E-state index in [9.17, 15) is 0 Å². The first-order valence-corrected chi connectivity index (χ1v) is 6.88. The maximum Gasteiger partial charge on any atom is 0.0943 e. The Balaban J connectivity index is 1.93. The molecule has 1 unspecified atom stereocenters. The predicted molar refractivity (Wildman–Crippen MR) is 78.3 cm³/mol. The molecule has 1 saturated heterocycles. The number of nitrogens with zero attached hydrogens (tertiary/aromatic N) is 1. The zero-order valence-corrected chi connectivity index (χ0v) is 11.9. The lowest BCUT2D eigenvalue weighted by atomic mass is 10.1. The molecule has 0 spiro atoms. The van der Waals surface area contributed by atoms with Crippen molar-refractivity contribution in [3.8, 4) is 11.8 Å². The topological polar surface area (TPSA) is 24.5 Å². The van der Waals surface area contributed by atoms with Crippen molar-refractivity contribution in [3.05, 3.63) is 34.9 Å². The fraction of sp³-hybridized carbons (Fsp3) is 0.467. The van der Waals surface area contributed by atoms with E-state index in [-0.39, 0.29) is 6.04 Å². The smallest absolute Gasteiger partial charge is 0.0943 e. The Morgan fingerprint density at radius 1 is 1.32 bits per heavy atom. The van der Waals surface area contributed by atoms with E-state index >= 15 is 0 Å². The summed E-state index contributed by atoms with van der Waals surface area (Å²) in [7, 11) is 1.92. The third-order valence-electron chi connectivity index (χ3n) is 3.14. The highest BCUT2D eigenvalue weighted by Crippen LogP contribution is 2.15. The van der Waals surface area contributed by atoms with E-state index < -0.39 is 0 Å². The highest BCUT2D eigenvalue weighted by atomic mass is 35.5. The van der Waals surface area contributed by atoms with Gasteiger partial charge in [-0.1, -0.05) is 35.6 Å². The van der Waals surface area contributed by atoms with Crippen LogP contribution in [0.4, 0.5) is 0 Å². The Morgan fingerprint density at radius 3 is 2.63 bits per heavy atom. The van der Waals surface area contributed by atoms with Crippen LogP contribution in [0.3, 0.4) is 0 Å². The standard InChI is InChI=1S/C15H19ClN2O/c1-17-15(13-4-6-14(16)7-5-13)3-2-8-18-9-11-19-12-10-18/h4-7,15,17H,8-12H2,1H3. The van der Waals surface area contributed by atoms with Crippen LogP contribution in [0.2, 0.25) is 5.02 Å². The molecule has 102 valence electrons. The van der Waals surface area contributed by atoms with Crippen molar-refractivity contribution in [1.29, 1.82) is 0 Å². The summed E-state index contributed by atoms with van der Waals surface area (Å²) in [4.78, 5) is 2.31. The number of ether oxygens (including phenoxy) is 1. The van der Waals surface area contributed by atoms with Gasteiger partial charge in [0, 0.05) is 18.1 Å². The van der Waals surface area contributed by atoms with Crippen LogP contribution in [0.15, 0.2) is 24.3 Å². The van der Waals surface area contributed by atoms with Gasteiger partial charge >= 0.3 is 0 Å². The van der Waals surface area contributed by atoms with Crippen molar-refractivity contribution >= 4 is 11.6 Å². The summed E-state index contributed by atoms with van der Waals surface area (Å²) in [5, 5.41) is 3.97. The number of halogens is 1. The highest BCUT2D eigenvalue weighted by molar-refractivity contribution is 6.30. The summed E-state index contributed by atoms with van der Waals surface area (Å²) in [5.74, 6) is 6.51. The van der Waals surface area contributed by atoms with Crippen molar-refractivity contribution in [2.75, 3.05) is 39.9 Å². The molecular formula is C15H19ClN2O. The van der Waals surface area contributed by atoms with Gasteiger partial charge in [-0.2, -0.15) is 0 Å². The lowest BCUT2D eigenvalue weighted by Crippen LogP contribution is -2.36. The molecule has 0 saturated carbocycles. The van der Waals surface area contributed by atoms with Gasteiger partial charge in [0.25, 0.3) is 0 Å². The first-order valence-electron chi connectivity index (χ1n) is 6.51. The third-order valence-corrected chi connectivity index (χ3v) is 3.40. The van der Waals surface area contributed by atoms with Gasteiger partial charge in [0.2, 0.25) is 0 Å². The Kier molecular flexibility index (Phi) is 5.68. The molecule has 19 heavy (non-hydrogen) atoms. The lowest BCUT2D eigenvalue weighted by Gasteiger charge is -2.24. The molecule has 1 aromatic rings. The van der Waals surface area contributed by atoms with Crippen LogP contribution < -0.4 is 5.32 Å². The average molecular weight is 279 g/mol. The number of hydrogen-bond donors (Lipinski definition) is 1. The Hall–Kier alpha value is -1.05. The van der Waals surface area contributed by atoms with E-state index in [4.69, 9.17) is 16.3 Å². The van der Waals surface area contributed by atoms with Crippen LogP contribution >= 0.6 is 11.6 Å². The van der Waals surface area contributed by atoms with E-state index in [0.717, 1.165) is 43.4 Å². The molecule has 1 aliphatic heterocycles. The molecule has 0 bridgehead atoms. The Bertz CT molecular complexity index is 443. The normalized spacial score (nSPS) is 17.6. The van der Waals surface area contributed by atoms with E-state index in [1.165, 1.54) is 0 Å². The minimum absolute atomic E-state index is 0.0540. The second-order valence-corrected chi connectivity index (χ2v) is 4.92. The fourth-order valence-electron chi connectivity index (χ4n) is 2.00. The van der Waals surface area contributed by atoms with Gasteiger partial charge in [0.05, 0.1) is 25.8 Å². The minimum Gasteiger partial charge on any atom is -0.379 e. The van der Waals surface area contributed by atoms with Crippen LogP contribution in [0, 0.1) is 11.8 Å².